The van der Waals surface area contributed by atoms with E-state index in [1.165, 1.54) is 0 Å². The first-order valence-electron chi connectivity index (χ1n) is 24.6. The predicted molar refractivity (Wildman–Crippen MR) is 300 cm³/mol. The lowest BCUT2D eigenvalue weighted by atomic mass is 9.95. The molecule has 0 atom stereocenters. The zero-order valence-corrected chi connectivity index (χ0v) is 40.4. The minimum absolute atomic E-state index is 0.386. The quantitative estimate of drug-likeness (QED) is 0.147. The summed E-state index contributed by atoms with van der Waals surface area (Å²) in [7, 11) is 0. The zero-order chi connectivity index (χ0) is 51.3. The summed E-state index contributed by atoms with van der Waals surface area (Å²) in [5, 5.41) is 44.2. The third kappa shape index (κ3) is 7.49. The SMILES string of the molecule is N#Cc1ccc(-c2ccc3c(c2)c2cc(-c4ccc(C#N)cc4C#N)ccc2n3-c2ccc(-c3cccc4c3c3ccccc3n4-c3ccccc3)cc2-c2nc(-c3ccccc3)nc(-c3ccccc3)n2)c(C#N)c1. The highest BCUT2D eigenvalue weighted by Gasteiger charge is 2.24. The Morgan fingerprint density at radius 3 is 1.36 bits per heavy atom. The van der Waals surface area contributed by atoms with Crippen molar-refractivity contribution in [3.05, 3.63) is 247 Å². The van der Waals surface area contributed by atoms with Crippen molar-refractivity contribution < 1.29 is 0 Å². The number of rotatable bonds is 8. The fourth-order valence-corrected chi connectivity index (χ4v) is 10.7. The molecule has 76 heavy (non-hydrogen) atoms. The molecule has 0 unspecified atom stereocenters. The summed E-state index contributed by atoms with van der Waals surface area (Å²) in [5.41, 5.74) is 14.8. The second-order valence-electron chi connectivity index (χ2n) is 18.4. The zero-order valence-electron chi connectivity index (χ0n) is 40.4. The smallest absolute Gasteiger partial charge is 0.166 e. The standard InChI is InChI=1S/C67H37N9/c68-38-42-23-28-52(49(33-42)40-70)46-25-30-60-56(35-46)57-36-47(53-29-24-43(39-69)34-50(53)41-71)26-31-61(57)76(60)62-32-27-48(54-20-12-22-63-64(54)55-19-10-11-21-59(55)75(63)51-17-8-3-9-18-51)37-58(62)67-73-65(44-13-4-1-5-14-44)72-66(74-67)45-15-6-2-7-16-45/h1-37H. The van der Waals surface area contributed by atoms with Crippen LogP contribution >= 0.6 is 0 Å². The fraction of sp³-hybridized carbons (Fsp3) is 0. The molecule has 3 heterocycles. The van der Waals surface area contributed by atoms with Gasteiger partial charge in [0, 0.05) is 43.9 Å². The minimum atomic E-state index is 0.386. The number of fused-ring (bicyclic) bond motifs is 6. The van der Waals surface area contributed by atoms with Crippen molar-refractivity contribution in [3.8, 4) is 103 Å². The van der Waals surface area contributed by atoms with Gasteiger partial charge >= 0.3 is 0 Å². The van der Waals surface area contributed by atoms with Crippen molar-refractivity contribution in [2.75, 3.05) is 0 Å². The second-order valence-corrected chi connectivity index (χ2v) is 18.4. The van der Waals surface area contributed by atoms with Gasteiger partial charge in [-0.25, -0.2) is 15.0 Å². The van der Waals surface area contributed by atoms with Crippen LogP contribution in [0.2, 0.25) is 0 Å². The van der Waals surface area contributed by atoms with E-state index in [-0.39, 0.29) is 0 Å². The van der Waals surface area contributed by atoms with Crippen molar-refractivity contribution >= 4 is 43.6 Å². The molecule has 0 aliphatic rings. The van der Waals surface area contributed by atoms with Crippen molar-refractivity contribution in [2.45, 2.75) is 0 Å². The molecule has 13 aromatic rings. The Balaban J connectivity index is 1.12. The molecule has 0 fully saturated rings. The summed E-state index contributed by atoms with van der Waals surface area (Å²) in [6.07, 6.45) is 0. The first-order valence-corrected chi connectivity index (χ1v) is 24.6. The molecule has 0 N–H and O–H groups in total. The molecular formula is C67H37N9. The van der Waals surface area contributed by atoms with Crippen LogP contribution in [0, 0.1) is 45.3 Å². The molecule has 10 aromatic carbocycles. The van der Waals surface area contributed by atoms with Gasteiger partial charge in [-0.15, -0.1) is 0 Å². The maximum Gasteiger partial charge on any atom is 0.166 e. The maximum absolute atomic E-state index is 10.4. The van der Waals surface area contributed by atoms with Crippen LogP contribution in [0.25, 0.3) is 123 Å². The van der Waals surface area contributed by atoms with E-state index in [0.717, 1.165) is 93.9 Å². The Labute approximate surface area is 436 Å². The monoisotopic (exact) mass is 967 g/mol. The highest BCUT2D eigenvalue weighted by molar-refractivity contribution is 6.16. The van der Waals surface area contributed by atoms with Crippen LogP contribution in [-0.4, -0.2) is 24.1 Å². The highest BCUT2D eigenvalue weighted by Crippen LogP contribution is 2.44. The second kappa shape index (κ2) is 18.4. The molecule has 3 aromatic heterocycles. The number of para-hydroxylation sites is 2. The van der Waals surface area contributed by atoms with Gasteiger partial charge in [-0.2, -0.15) is 21.0 Å². The summed E-state index contributed by atoms with van der Waals surface area (Å²) in [4.78, 5) is 15.8. The third-order valence-electron chi connectivity index (χ3n) is 14.1. The predicted octanol–water partition coefficient (Wildman–Crippen LogP) is 15.6. The summed E-state index contributed by atoms with van der Waals surface area (Å²) in [6, 6.07) is 83.5. The third-order valence-corrected chi connectivity index (χ3v) is 14.1. The van der Waals surface area contributed by atoms with Crippen molar-refractivity contribution in [1.82, 2.24) is 24.1 Å². The molecule has 9 nitrogen and oxygen atoms in total. The van der Waals surface area contributed by atoms with Gasteiger partial charge in [-0.1, -0.05) is 140 Å². The van der Waals surface area contributed by atoms with E-state index in [9.17, 15) is 21.0 Å². The van der Waals surface area contributed by atoms with E-state index in [1.807, 2.05) is 91.0 Å². The van der Waals surface area contributed by atoms with E-state index >= 15 is 0 Å². The Morgan fingerprint density at radius 2 is 0.789 bits per heavy atom. The number of benzene rings is 10. The molecule has 13 rings (SSSR count). The van der Waals surface area contributed by atoms with Gasteiger partial charge in [0.05, 0.1) is 74.3 Å². The largest absolute Gasteiger partial charge is 0.309 e. The Hall–Kier alpha value is -11.2. The van der Waals surface area contributed by atoms with Crippen LogP contribution in [0.1, 0.15) is 22.3 Å². The fourth-order valence-electron chi connectivity index (χ4n) is 10.7. The van der Waals surface area contributed by atoms with Crippen LogP contribution in [0.4, 0.5) is 0 Å². The average Bonchev–Trinajstić information content (AvgIpc) is 4.14. The summed E-state index contributed by atoms with van der Waals surface area (Å²) >= 11 is 0. The molecule has 0 amide bonds. The molecule has 0 aliphatic carbocycles. The van der Waals surface area contributed by atoms with Gasteiger partial charge in [0.25, 0.3) is 0 Å². The van der Waals surface area contributed by atoms with Gasteiger partial charge in [-0.05, 0) is 118 Å². The number of hydrogen-bond acceptors (Lipinski definition) is 7. The molecule has 350 valence electrons. The molecule has 0 aliphatic heterocycles. The van der Waals surface area contributed by atoms with Crippen molar-refractivity contribution in [2.24, 2.45) is 0 Å². The topological polar surface area (TPSA) is 144 Å². The minimum Gasteiger partial charge on any atom is -0.309 e. The van der Waals surface area contributed by atoms with Crippen LogP contribution in [0.15, 0.2) is 224 Å². The van der Waals surface area contributed by atoms with E-state index in [0.29, 0.717) is 50.9 Å². The molecule has 0 spiro atoms. The average molecular weight is 968 g/mol. The molecule has 0 saturated carbocycles. The lowest BCUT2D eigenvalue weighted by Gasteiger charge is -2.17. The van der Waals surface area contributed by atoms with Gasteiger partial charge in [0.15, 0.2) is 17.5 Å². The number of hydrogen-bond donors (Lipinski definition) is 0. The van der Waals surface area contributed by atoms with E-state index in [4.69, 9.17) is 15.0 Å². The molecule has 0 bridgehead atoms. The van der Waals surface area contributed by atoms with Gasteiger partial charge in [0.1, 0.15) is 0 Å². The Morgan fingerprint density at radius 1 is 0.303 bits per heavy atom. The summed E-state index contributed by atoms with van der Waals surface area (Å²) in [6.45, 7) is 0. The van der Waals surface area contributed by atoms with Crippen molar-refractivity contribution in [1.29, 1.82) is 21.0 Å². The van der Waals surface area contributed by atoms with Crippen LogP contribution in [-0.2, 0) is 0 Å². The number of aromatic nitrogens is 5. The normalized spacial score (nSPS) is 11.1. The van der Waals surface area contributed by atoms with Gasteiger partial charge in [0.2, 0.25) is 0 Å². The number of nitrogens with zero attached hydrogens (tertiary/aromatic N) is 9. The van der Waals surface area contributed by atoms with Crippen LogP contribution in [0.3, 0.4) is 0 Å². The molecule has 0 radical (unpaired) electrons. The van der Waals surface area contributed by atoms with E-state index in [2.05, 4.69) is 143 Å². The van der Waals surface area contributed by atoms with Crippen LogP contribution < -0.4 is 0 Å². The van der Waals surface area contributed by atoms with E-state index < -0.39 is 0 Å². The lowest BCUT2D eigenvalue weighted by Crippen LogP contribution is -2.04. The van der Waals surface area contributed by atoms with Gasteiger partial charge in [-0.3, -0.25) is 0 Å². The van der Waals surface area contributed by atoms with E-state index in [1.54, 1.807) is 24.3 Å². The lowest BCUT2D eigenvalue weighted by molar-refractivity contribution is 1.06. The first-order chi connectivity index (χ1) is 37.5. The maximum atomic E-state index is 10.4. The first kappa shape index (κ1) is 44.7. The summed E-state index contributed by atoms with van der Waals surface area (Å²) in [5.74, 6) is 1.52. The van der Waals surface area contributed by atoms with Gasteiger partial charge < -0.3 is 9.13 Å². The Bertz CT molecular complexity index is 4490. The molecule has 0 saturated heterocycles. The Kier molecular flexibility index (Phi) is 10.8. The number of nitriles is 4. The highest BCUT2D eigenvalue weighted by atomic mass is 15.1. The summed E-state index contributed by atoms with van der Waals surface area (Å²) < 4.78 is 4.56. The molecular weight excluding hydrogens is 931 g/mol. The molecule has 9 heteroatoms. The van der Waals surface area contributed by atoms with Crippen molar-refractivity contribution in [3.63, 3.8) is 0 Å². The van der Waals surface area contributed by atoms with Crippen LogP contribution in [0.5, 0.6) is 0 Å².